The van der Waals surface area contributed by atoms with Gasteiger partial charge in [0.2, 0.25) is 5.82 Å². The molecule has 0 aliphatic rings. The van der Waals surface area contributed by atoms with E-state index in [1.165, 1.54) is 0 Å². The molecule has 1 aromatic carbocycles. The Balaban J connectivity index is 1.99. The molecule has 3 aromatic rings. The normalized spacial score (nSPS) is 11.9. The van der Waals surface area contributed by atoms with Crippen LogP contribution in [0.2, 0.25) is 0 Å². The number of nitrogens with zero attached hydrogens (tertiary/aromatic N) is 2. The largest absolute Gasteiger partial charge is 0.464 e. The number of hydrogen-bond donors (Lipinski definition) is 1. The first-order valence-corrected chi connectivity index (χ1v) is 6.11. The molecular weight excluding hydrogens is 242 g/mol. The number of furan rings is 1. The van der Waals surface area contributed by atoms with Gasteiger partial charge >= 0.3 is 6.01 Å². The predicted octanol–water partition coefficient (Wildman–Crippen LogP) is 3.69. The third kappa shape index (κ3) is 2.31. The molecule has 0 aliphatic carbocycles. The quantitative estimate of drug-likeness (QED) is 0.758. The van der Waals surface area contributed by atoms with Crippen molar-refractivity contribution in [3.8, 4) is 11.4 Å². The predicted molar refractivity (Wildman–Crippen MR) is 72.9 cm³/mol. The van der Waals surface area contributed by atoms with Gasteiger partial charge in [0.25, 0.3) is 0 Å². The molecule has 0 saturated heterocycles. The van der Waals surface area contributed by atoms with Gasteiger partial charge in [-0.3, -0.25) is 0 Å². The van der Waals surface area contributed by atoms with Gasteiger partial charge in [-0.25, -0.2) is 0 Å². The third-order valence-corrected chi connectivity index (χ3v) is 2.63. The van der Waals surface area contributed by atoms with Gasteiger partial charge in [-0.15, -0.1) is 0 Å². The highest BCUT2D eigenvalue weighted by Gasteiger charge is 2.17. The lowest BCUT2D eigenvalue weighted by Gasteiger charge is -2.17. The van der Waals surface area contributed by atoms with Crippen LogP contribution in [0.5, 0.6) is 0 Å². The zero-order chi connectivity index (χ0) is 13.5. The Labute approximate surface area is 110 Å². The van der Waals surface area contributed by atoms with E-state index in [-0.39, 0.29) is 5.54 Å². The summed E-state index contributed by atoms with van der Waals surface area (Å²) in [7, 11) is 0. The molecular formula is C14H15N3O2. The van der Waals surface area contributed by atoms with Gasteiger partial charge in [0.05, 0.1) is 5.56 Å². The summed E-state index contributed by atoms with van der Waals surface area (Å²) in [6.45, 7) is 6.10. The van der Waals surface area contributed by atoms with Crippen LogP contribution in [0.3, 0.4) is 0 Å². The van der Waals surface area contributed by atoms with E-state index in [1.54, 1.807) is 6.26 Å². The SMILES string of the molecule is CC(C)(C)Nc1nc(-c2coc3ccccc23)no1. The summed E-state index contributed by atoms with van der Waals surface area (Å²) in [5.41, 5.74) is 1.52. The summed E-state index contributed by atoms with van der Waals surface area (Å²) in [4.78, 5) is 4.34. The molecule has 0 spiro atoms. The monoisotopic (exact) mass is 257 g/mol. The first-order chi connectivity index (χ1) is 9.03. The van der Waals surface area contributed by atoms with E-state index >= 15 is 0 Å². The van der Waals surface area contributed by atoms with Crippen LogP contribution < -0.4 is 5.32 Å². The molecule has 1 N–H and O–H groups in total. The molecule has 19 heavy (non-hydrogen) atoms. The van der Waals surface area contributed by atoms with Crippen LogP contribution in [0.4, 0.5) is 6.01 Å². The molecule has 0 unspecified atom stereocenters. The van der Waals surface area contributed by atoms with Gasteiger partial charge in [0.15, 0.2) is 0 Å². The summed E-state index contributed by atoms with van der Waals surface area (Å²) in [5, 5.41) is 8.10. The standard InChI is InChI=1S/C14H15N3O2/c1-14(2,3)16-13-15-12(17-19-13)10-8-18-11-7-5-4-6-9(10)11/h4-8H,1-3H3,(H,15,16,17). The maximum Gasteiger partial charge on any atom is 0.322 e. The molecule has 0 bridgehead atoms. The molecule has 5 nitrogen and oxygen atoms in total. The number of hydrogen-bond acceptors (Lipinski definition) is 5. The minimum atomic E-state index is -0.123. The van der Waals surface area contributed by atoms with E-state index in [9.17, 15) is 0 Å². The fraction of sp³-hybridized carbons (Fsp3) is 0.286. The Morgan fingerprint density at radius 3 is 2.74 bits per heavy atom. The highest BCUT2D eigenvalue weighted by molar-refractivity contribution is 5.91. The Kier molecular flexibility index (Phi) is 2.55. The highest BCUT2D eigenvalue weighted by Crippen LogP contribution is 2.29. The minimum Gasteiger partial charge on any atom is -0.464 e. The van der Waals surface area contributed by atoms with Crippen molar-refractivity contribution in [2.75, 3.05) is 5.32 Å². The van der Waals surface area contributed by atoms with E-state index in [0.717, 1.165) is 16.5 Å². The van der Waals surface area contributed by atoms with E-state index < -0.39 is 0 Å². The maximum atomic E-state index is 5.47. The van der Waals surface area contributed by atoms with Crippen molar-refractivity contribution in [3.05, 3.63) is 30.5 Å². The number of para-hydroxylation sites is 1. The topological polar surface area (TPSA) is 64.1 Å². The summed E-state index contributed by atoms with van der Waals surface area (Å²) in [5.74, 6) is 0.525. The van der Waals surface area contributed by atoms with E-state index in [2.05, 4.69) is 15.5 Å². The van der Waals surface area contributed by atoms with Crippen LogP contribution in [0.1, 0.15) is 20.8 Å². The average Bonchev–Trinajstić information content (AvgIpc) is 2.92. The van der Waals surface area contributed by atoms with Gasteiger partial charge in [-0.2, -0.15) is 4.98 Å². The molecule has 0 saturated carbocycles. The lowest BCUT2D eigenvalue weighted by Crippen LogP contribution is -2.26. The summed E-state index contributed by atoms with van der Waals surface area (Å²) in [6, 6.07) is 8.18. The van der Waals surface area contributed by atoms with Crippen LogP contribution in [0.15, 0.2) is 39.5 Å². The zero-order valence-corrected chi connectivity index (χ0v) is 11.1. The van der Waals surface area contributed by atoms with Crippen molar-refractivity contribution in [1.82, 2.24) is 10.1 Å². The van der Waals surface area contributed by atoms with Crippen molar-refractivity contribution in [1.29, 1.82) is 0 Å². The van der Waals surface area contributed by atoms with Crippen LogP contribution in [0.25, 0.3) is 22.4 Å². The van der Waals surface area contributed by atoms with Gasteiger partial charge in [0, 0.05) is 10.9 Å². The molecule has 0 radical (unpaired) electrons. The van der Waals surface area contributed by atoms with Crippen molar-refractivity contribution in [3.63, 3.8) is 0 Å². The summed E-state index contributed by atoms with van der Waals surface area (Å²) >= 11 is 0. The van der Waals surface area contributed by atoms with Crippen molar-refractivity contribution >= 4 is 17.0 Å². The lowest BCUT2D eigenvalue weighted by molar-refractivity contribution is 0.420. The highest BCUT2D eigenvalue weighted by atomic mass is 16.5. The number of benzene rings is 1. The third-order valence-electron chi connectivity index (χ3n) is 2.63. The Bertz CT molecular complexity index is 707. The van der Waals surface area contributed by atoms with E-state index in [0.29, 0.717) is 11.8 Å². The lowest BCUT2D eigenvalue weighted by atomic mass is 10.1. The smallest absolute Gasteiger partial charge is 0.322 e. The number of anilines is 1. The van der Waals surface area contributed by atoms with E-state index in [1.807, 2.05) is 45.0 Å². The van der Waals surface area contributed by atoms with Crippen LogP contribution in [-0.4, -0.2) is 15.7 Å². The Hall–Kier alpha value is -2.30. The second kappa shape index (κ2) is 4.12. The number of fused-ring (bicyclic) bond motifs is 1. The number of nitrogens with one attached hydrogen (secondary N) is 1. The van der Waals surface area contributed by atoms with Crippen molar-refractivity contribution in [2.45, 2.75) is 26.3 Å². The van der Waals surface area contributed by atoms with E-state index in [4.69, 9.17) is 8.94 Å². The van der Waals surface area contributed by atoms with Gasteiger partial charge in [0.1, 0.15) is 11.8 Å². The maximum absolute atomic E-state index is 5.47. The molecule has 2 aromatic heterocycles. The molecule has 2 heterocycles. The Morgan fingerprint density at radius 2 is 1.95 bits per heavy atom. The van der Waals surface area contributed by atoms with Crippen LogP contribution >= 0.6 is 0 Å². The second-order valence-electron chi connectivity index (χ2n) is 5.44. The molecule has 0 aliphatic heterocycles. The molecule has 0 atom stereocenters. The molecule has 5 heteroatoms. The first kappa shape index (κ1) is 11.8. The molecule has 98 valence electrons. The number of rotatable bonds is 2. The number of aromatic nitrogens is 2. The van der Waals surface area contributed by atoms with Gasteiger partial charge in [-0.05, 0) is 26.8 Å². The summed E-state index contributed by atoms with van der Waals surface area (Å²) in [6.07, 6.45) is 1.65. The zero-order valence-electron chi connectivity index (χ0n) is 11.1. The molecule has 0 fully saturated rings. The fourth-order valence-electron chi connectivity index (χ4n) is 1.86. The Morgan fingerprint density at radius 1 is 1.16 bits per heavy atom. The molecule has 3 rings (SSSR count). The van der Waals surface area contributed by atoms with Gasteiger partial charge in [-0.1, -0.05) is 23.4 Å². The fourth-order valence-corrected chi connectivity index (χ4v) is 1.86. The van der Waals surface area contributed by atoms with Crippen LogP contribution in [0, 0.1) is 0 Å². The first-order valence-electron chi connectivity index (χ1n) is 6.11. The van der Waals surface area contributed by atoms with Crippen molar-refractivity contribution in [2.24, 2.45) is 0 Å². The summed E-state index contributed by atoms with van der Waals surface area (Å²) < 4.78 is 10.7. The van der Waals surface area contributed by atoms with Crippen LogP contribution in [-0.2, 0) is 0 Å². The molecule has 0 amide bonds. The minimum absolute atomic E-state index is 0.123. The second-order valence-corrected chi connectivity index (χ2v) is 5.44. The van der Waals surface area contributed by atoms with Gasteiger partial charge < -0.3 is 14.3 Å². The average molecular weight is 257 g/mol. The van der Waals surface area contributed by atoms with Crippen molar-refractivity contribution < 1.29 is 8.94 Å².